The molecule has 2 aromatic rings. The highest BCUT2D eigenvalue weighted by atomic mass is 79.9. The molecule has 1 heterocycles. The van der Waals surface area contributed by atoms with Crippen molar-refractivity contribution in [3.05, 3.63) is 40.4 Å². The summed E-state index contributed by atoms with van der Waals surface area (Å²) in [6.45, 7) is 0.568. The van der Waals surface area contributed by atoms with E-state index in [9.17, 15) is 4.79 Å². The third-order valence-electron chi connectivity index (χ3n) is 2.75. The maximum absolute atomic E-state index is 12.1. The average Bonchev–Trinajstić information content (AvgIpc) is 2.96. The van der Waals surface area contributed by atoms with E-state index in [2.05, 4.69) is 36.4 Å². The molecule has 1 aromatic heterocycles. The van der Waals surface area contributed by atoms with Gasteiger partial charge in [0.1, 0.15) is 17.9 Å². The van der Waals surface area contributed by atoms with Gasteiger partial charge in [-0.05, 0) is 24.6 Å². The van der Waals surface area contributed by atoms with E-state index in [1.165, 1.54) is 6.33 Å². The van der Waals surface area contributed by atoms with Crippen molar-refractivity contribution in [3.8, 4) is 5.75 Å². The summed E-state index contributed by atoms with van der Waals surface area (Å²) in [7, 11) is 1.54. The first-order chi connectivity index (χ1) is 9.70. The molecule has 6 nitrogen and oxygen atoms in total. The molecular formula is C13H15BrN4O2. The zero-order valence-electron chi connectivity index (χ0n) is 11.0. The molecule has 0 spiro atoms. The molecule has 2 rings (SSSR count). The molecule has 0 aliphatic carbocycles. The van der Waals surface area contributed by atoms with Crippen molar-refractivity contribution in [3.63, 3.8) is 0 Å². The zero-order valence-corrected chi connectivity index (χ0v) is 12.6. The highest BCUT2D eigenvalue weighted by Gasteiger charge is 2.11. The van der Waals surface area contributed by atoms with Crippen LogP contribution in [0.1, 0.15) is 22.6 Å². The Morgan fingerprint density at radius 3 is 3.05 bits per heavy atom. The molecule has 0 fully saturated rings. The van der Waals surface area contributed by atoms with E-state index in [4.69, 9.17) is 4.74 Å². The minimum absolute atomic E-state index is 0.146. The number of aromatic amines is 1. The molecule has 0 saturated carbocycles. The van der Waals surface area contributed by atoms with Crippen molar-refractivity contribution in [1.29, 1.82) is 0 Å². The number of nitrogens with zero attached hydrogens (tertiary/aromatic N) is 2. The molecule has 0 unspecified atom stereocenters. The van der Waals surface area contributed by atoms with Gasteiger partial charge in [0, 0.05) is 17.4 Å². The summed E-state index contributed by atoms with van der Waals surface area (Å²) >= 11 is 3.34. The van der Waals surface area contributed by atoms with Crippen molar-refractivity contribution in [2.45, 2.75) is 12.8 Å². The lowest BCUT2D eigenvalue weighted by Crippen LogP contribution is -2.25. The highest BCUT2D eigenvalue weighted by Crippen LogP contribution is 2.23. The Labute approximate surface area is 125 Å². The molecule has 0 saturated heterocycles. The second kappa shape index (κ2) is 7.04. The number of hydrogen-bond donors (Lipinski definition) is 2. The summed E-state index contributed by atoms with van der Waals surface area (Å²) in [5.74, 6) is 1.22. The lowest BCUT2D eigenvalue weighted by molar-refractivity contribution is 0.0950. The smallest absolute Gasteiger partial charge is 0.255 e. The summed E-state index contributed by atoms with van der Waals surface area (Å²) in [5, 5.41) is 9.41. The lowest BCUT2D eigenvalue weighted by atomic mass is 10.2. The van der Waals surface area contributed by atoms with Crippen LogP contribution in [0.5, 0.6) is 5.75 Å². The number of rotatable bonds is 6. The second-order valence-corrected chi connectivity index (χ2v) is 5.05. The van der Waals surface area contributed by atoms with Gasteiger partial charge in [-0.2, -0.15) is 5.10 Å². The van der Waals surface area contributed by atoms with Gasteiger partial charge < -0.3 is 10.1 Å². The summed E-state index contributed by atoms with van der Waals surface area (Å²) in [6.07, 6.45) is 3.01. The van der Waals surface area contributed by atoms with Gasteiger partial charge in [-0.15, -0.1) is 0 Å². The van der Waals surface area contributed by atoms with E-state index in [0.29, 0.717) is 17.9 Å². The van der Waals surface area contributed by atoms with Gasteiger partial charge in [-0.25, -0.2) is 4.98 Å². The first-order valence-corrected chi connectivity index (χ1v) is 6.96. The van der Waals surface area contributed by atoms with E-state index >= 15 is 0 Å². The van der Waals surface area contributed by atoms with Gasteiger partial charge in [0.2, 0.25) is 0 Å². The maximum Gasteiger partial charge on any atom is 0.255 e. The Bertz CT molecular complexity index is 572. The fraction of sp³-hybridized carbons (Fsp3) is 0.308. The fourth-order valence-corrected chi connectivity index (χ4v) is 2.10. The Balaban J connectivity index is 1.85. The van der Waals surface area contributed by atoms with Gasteiger partial charge in [0.05, 0.1) is 12.7 Å². The number of amides is 1. The van der Waals surface area contributed by atoms with Gasteiger partial charge in [0.25, 0.3) is 5.91 Å². The number of aromatic nitrogens is 3. The molecule has 7 heteroatoms. The summed E-state index contributed by atoms with van der Waals surface area (Å²) in [4.78, 5) is 16.1. The van der Waals surface area contributed by atoms with E-state index < -0.39 is 0 Å². The van der Waals surface area contributed by atoms with Crippen LogP contribution in [0.2, 0.25) is 0 Å². The van der Waals surface area contributed by atoms with Gasteiger partial charge in [-0.3, -0.25) is 9.89 Å². The Hall–Kier alpha value is -1.89. The molecule has 0 atom stereocenters. The molecule has 106 valence electrons. The number of ether oxygens (including phenoxy) is 1. The average molecular weight is 339 g/mol. The standard InChI is InChI=1S/C13H15BrN4O2/c1-20-11-7-9(14)4-5-10(11)13(19)15-6-2-3-12-16-8-17-18-12/h4-5,7-8H,2-3,6H2,1H3,(H,15,19)(H,16,17,18). The van der Waals surface area contributed by atoms with E-state index in [1.807, 2.05) is 6.07 Å². The lowest BCUT2D eigenvalue weighted by Gasteiger charge is -2.09. The van der Waals surface area contributed by atoms with Crippen LogP contribution in [-0.2, 0) is 6.42 Å². The maximum atomic E-state index is 12.1. The molecule has 0 bridgehead atoms. The molecular weight excluding hydrogens is 324 g/mol. The fourth-order valence-electron chi connectivity index (χ4n) is 1.76. The van der Waals surface area contributed by atoms with Crippen LogP contribution in [0.4, 0.5) is 0 Å². The van der Waals surface area contributed by atoms with Crippen LogP contribution >= 0.6 is 15.9 Å². The minimum atomic E-state index is -0.146. The highest BCUT2D eigenvalue weighted by molar-refractivity contribution is 9.10. The van der Waals surface area contributed by atoms with Crippen molar-refractivity contribution < 1.29 is 9.53 Å². The predicted molar refractivity (Wildman–Crippen MR) is 77.7 cm³/mol. The van der Waals surface area contributed by atoms with E-state index in [0.717, 1.165) is 23.1 Å². The van der Waals surface area contributed by atoms with Gasteiger partial charge in [-0.1, -0.05) is 15.9 Å². The Morgan fingerprint density at radius 2 is 2.35 bits per heavy atom. The Kier molecular flexibility index (Phi) is 5.11. The summed E-state index contributed by atoms with van der Waals surface area (Å²) < 4.78 is 6.07. The zero-order chi connectivity index (χ0) is 14.4. The number of benzene rings is 1. The molecule has 0 radical (unpaired) electrons. The predicted octanol–water partition coefficient (Wildman–Crippen LogP) is 1.94. The normalized spacial score (nSPS) is 10.3. The Morgan fingerprint density at radius 1 is 1.50 bits per heavy atom. The quantitative estimate of drug-likeness (QED) is 0.789. The van der Waals surface area contributed by atoms with Crippen LogP contribution in [0.3, 0.4) is 0 Å². The molecule has 0 aliphatic heterocycles. The van der Waals surface area contributed by atoms with Crippen LogP contribution in [0.15, 0.2) is 29.0 Å². The summed E-state index contributed by atoms with van der Waals surface area (Å²) in [5.41, 5.74) is 0.523. The van der Waals surface area contributed by atoms with Crippen LogP contribution in [0.25, 0.3) is 0 Å². The van der Waals surface area contributed by atoms with Crippen molar-refractivity contribution in [2.24, 2.45) is 0 Å². The first kappa shape index (κ1) is 14.5. The van der Waals surface area contributed by atoms with E-state index in [-0.39, 0.29) is 5.91 Å². The number of halogens is 1. The molecule has 2 N–H and O–H groups in total. The van der Waals surface area contributed by atoms with Crippen molar-refractivity contribution in [2.75, 3.05) is 13.7 Å². The third-order valence-corrected chi connectivity index (χ3v) is 3.24. The van der Waals surface area contributed by atoms with Gasteiger partial charge >= 0.3 is 0 Å². The number of H-pyrrole nitrogens is 1. The monoisotopic (exact) mass is 338 g/mol. The largest absolute Gasteiger partial charge is 0.496 e. The van der Waals surface area contributed by atoms with Crippen molar-refractivity contribution in [1.82, 2.24) is 20.5 Å². The number of methoxy groups -OCH3 is 1. The topological polar surface area (TPSA) is 79.9 Å². The van der Waals surface area contributed by atoms with Crippen LogP contribution in [-0.4, -0.2) is 34.7 Å². The molecule has 1 amide bonds. The number of nitrogens with one attached hydrogen (secondary N) is 2. The first-order valence-electron chi connectivity index (χ1n) is 6.16. The SMILES string of the molecule is COc1cc(Br)ccc1C(=O)NCCCc1ncn[nH]1. The van der Waals surface area contributed by atoms with Crippen LogP contribution < -0.4 is 10.1 Å². The second-order valence-electron chi connectivity index (χ2n) is 4.14. The minimum Gasteiger partial charge on any atom is -0.496 e. The van der Waals surface area contributed by atoms with Gasteiger partial charge in [0.15, 0.2) is 0 Å². The molecule has 0 aliphatic rings. The van der Waals surface area contributed by atoms with Crippen LogP contribution in [0, 0.1) is 0 Å². The molecule has 20 heavy (non-hydrogen) atoms. The number of carbonyl (C=O) groups excluding carboxylic acids is 1. The third kappa shape index (κ3) is 3.80. The van der Waals surface area contributed by atoms with Crippen molar-refractivity contribution >= 4 is 21.8 Å². The number of hydrogen-bond acceptors (Lipinski definition) is 4. The summed E-state index contributed by atoms with van der Waals surface area (Å²) in [6, 6.07) is 5.31. The molecule has 1 aromatic carbocycles. The number of carbonyl (C=O) groups is 1. The number of aryl methyl sites for hydroxylation is 1. The van der Waals surface area contributed by atoms with E-state index in [1.54, 1.807) is 19.2 Å².